The van der Waals surface area contributed by atoms with Gasteiger partial charge in [-0.25, -0.2) is 4.98 Å². The molecule has 4 rings (SSSR count). The van der Waals surface area contributed by atoms with Crippen molar-refractivity contribution in [2.24, 2.45) is 5.92 Å². The number of phenols is 1. The quantitative estimate of drug-likeness (QED) is 0.434. The number of benzene rings is 2. The summed E-state index contributed by atoms with van der Waals surface area (Å²) in [4.78, 5) is 11.6. The number of rotatable bonds is 9. The van der Waals surface area contributed by atoms with E-state index >= 15 is 0 Å². The normalized spacial score (nSPS) is 18.0. The third kappa shape index (κ3) is 5.44. The van der Waals surface area contributed by atoms with Gasteiger partial charge in [0, 0.05) is 32.1 Å². The Kier molecular flexibility index (Phi) is 7.57. The van der Waals surface area contributed by atoms with Gasteiger partial charge in [0.25, 0.3) is 0 Å². The first-order valence-corrected chi connectivity index (χ1v) is 11.8. The number of aromatic hydroxyl groups is 1. The molecule has 1 saturated carbocycles. The number of ether oxygens (including phenoxy) is 2. The van der Waals surface area contributed by atoms with E-state index in [1.165, 1.54) is 0 Å². The molecule has 0 atom stereocenters. The molecule has 0 spiro atoms. The molecule has 34 heavy (non-hydrogen) atoms. The summed E-state index contributed by atoms with van der Waals surface area (Å²) in [6.07, 6.45) is 4.50. The second kappa shape index (κ2) is 10.8. The average molecular weight is 466 g/mol. The molecule has 0 aliphatic heterocycles. The maximum Gasteiger partial charge on any atom is 0.225 e. The van der Waals surface area contributed by atoms with Crippen molar-refractivity contribution in [3.8, 4) is 17.2 Å². The van der Waals surface area contributed by atoms with Crippen LogP contribution in [-0.4, -0.2) is 56.0 Å². The van der Waals surface area contributed by atoms with Crippen LogP contribution < -0.4 is 25.0 Å². The van der Waals surface area contributed by atoms with Crippen LogP contribution in [-0.2, 0) is 6.54 Å². The lowest BCUT2D eigenvalue weighted by molar-refractivity contribution is 0.322. The van der Waals surface area contributed by atoms with Gasteiger partial charge in [-0.2, -0.15) is 4.98 Å². The maximum atomic E-state index is 10.1. The van der Waals surface area contributed by atoms with E-state index in [0.29, 0.717) is 36.0 Å². The number of nitrogens with zero attached hydrogens (tertiary/aromatic N) is 3. The lowest BCUT2D eigenvalue weighted by Crippen LogP contribution is -2.31. The Morgan fingerprint density at radius 1 is 1.00 bits per heavy atom. The molecular weight excluding hydrogens is 430 g/mol. The van der Waals surface area contributed by atoms with Crippen LogP contribution in [0.5, 0.6) is 17.2 Å². The highest BCUT2D eigenvalue weighted by atomic mass is 16.5. The minimum Gasteiger partial charge on any atom is -0.502 e. The highest BCUT2D eigenvalue weighted by Gasteiger charge is 2.22. The molecule has 1 aromatic heterocycles. The molecule has 2 aromatic carbocycles. The number of anilines is 2. The van der Waals surface area contributed by atoms with E-state index in [2.05, 4.69) is 16.7 Å². The van der Waals surface area contributed by atoms with Crippen molar-refractivity contribution in [3.63, 3.8) is 0 Å². The summed E-state index contributed by atoms with van der Waals surface area (Å²) in [7, 11) is 7.12. The van der Waals surface area contributed by atoms with Crippen molar-refractivity contribution < 1.29 is 14.6 Å². The van der Waals surface area contributed by atoms with Gasteiger partial charge in [0.15, 0.2) is 11.5 Å². The van der Waals surface area contributed by atoms with E-state index in [9.17, 15) is 5.11 Å². The number of hydrogen-bond donors (Lipinski definition) is 3. The number of para-hydroxylation sites is 1. The fourth-order valence-electron chi connectivity index (χ4n) is 4.63. The molecule has 1 aliphatic carbocycles. The third-order valence-electron chi connectivity index (χ3n) is 6.49. The molecule has 0 radical (unpaired) electrons. The van der Waals surface area contributed by atoms with Crippen LogP contribution >= 0.6 is 0 Å². The Bertz CT molecular complexity index is 1090. The molecule has 3 N–H and O–H groups in total. The molecule has 8 heteroatoms. The second-order valence-electron chi connectivity index (χ2n) is 9.12. The molecule has 1 heterocycles. The van der Waals surface area contributed by atoms with Gasteiger partial charge < -0.3 is 30.1 Å². The van der Waals surface area contributed by atoms with E-state index in [0.717, 1.165) is 54.5 Å². The zero-order valence-corrected chi connectivity index (χ0v) is 20.5. The monoisotopic (exact) mass is 465 g/mol. The summed E-state index contributed by atoms with van der Waals surface area (Å²) in [5.74, 6) is 3.17. The van der Waals surface area contributed by atoms with Gasteiger partial charge in [-0.1, -0.05) is 12.1 Å². The highest BCUT2D eigenvalue weighted by Crippen LogP contribution is 2.37. The molecule has 1 fully saturated rings. The minimum atomic E-state index is 0.0349. The van der Waals surface area contributed by atoms with Gasteiger partial charge in [-0.3, -0.25) is 0 Å². The molecule has 3 aromatic rings. The topological polar surface area (TPSA) is 91.8 Å². The van der Waals surface area contributed by atoms with E-state index in [4.69, 9.17) is 19.4 Å². The smallest absolute Gasteiger partial charge is 0.225 e. The van der Waals surface area contributed by atoms with Crippen LogP contribution in [0, 0.1) is 5.92 Å². The summed E-state index contributed by atoms with van der Waals surface area (Å²) in [6.45, 7) is 1.65. The molecule has 0 amide bonds. The van der Waals surface area contributed by atoms with Crippen molar-refractivity contribution in [2.75, 3.05) is 45.1 Å². The predicted octanol–water partition coefficient (Wildman–Crippen LogP) is 4.18. The van der Waals surface area contributed by atoms with Gasteiger partial charge >= 0.3 is 0 Å². The van der Waals surface area contributed by atoms with Crippen molar-refractivity contribution in [1.82, 2.24) is 15.3 Å². The highest BCUT2D eigenvalue weighted by molar-refractivity contribution is 5.90. The maximum absolute atomic E-state index is 10.1. The fraction of sp³-hybridized carbons (Fsp3) is 0.462. The number of phenolic OH excluding ortho intramolecular Hbond substituents is 1. The van der Waals surface area contributed by atoms with Crippen LogP contribution in [0.3, 0.4) is 0 Å². The van der Waals surface area contributed by atoms with Crippen LogP contribution in [0.15, 0.2) is 36.4 Å². The predicted molar refractivity (Wildman–Crippen MR) is 136 cm³/mol. The molecule has 0 saturated heterocycles. The van der Waals surface area contributed by atoms with Crippen molar-refractivity contribution >= 4 is 22.7 Å². The summed E-state index contributed by atoms with van der Waals surface area (Å²) < 4.78 is 10.5. The van der Waals surface area contributed by atoms with Gasteiger partial charge in [0.05, 0.1) is 19.7 Å². The van der Waals surface area contributed by atoms with Crippen LogP contribution in [0.4, 0.5) is 11.8 Å². The Balaban J connectivity index is 1.29. The summed E-state index contributed by atoms with van der Waals surface area (Å²) in [5, 5.41) is 18.3. The molecule has 0 bridgehead atoms. The third-order valence-corrected chi connectivity index (χ3v) is 6.49. The number of aromatic nitrogens is 2. The van der Waals surface area contributed by atoms with Crippen LogP contribution in [0.2, 0.25) is 0 Å². The number of methoxy groups -OCH3 is 2. The Morgan fingerprint density at radius 2 is 1.68 bits per heavy atom. The Labute approximate surface area is 201 Å². The lowest BCUT2D eigenvalue weighted by Gasteiger charge is -2.29. The number of fused-ring (bicyclic) bond motifs is 1. The van der Waals surface area contributed by atoms with E-state index in [1.54, 1.807) is 14.2 Å². The largest absolute Gasteiger partial charge is 0.502 e. The standard InChI is InChI=1S/C26H35N5O3/c1-31(2)25-20-7-5-6-8-21(20)29-26(30-25)28-19-11-9-17(10-12-19)15-27-16-18-13-22(33-3)24(32)23(14-18)34-4/h5-8,13-14,17,19,27,32H,9-12,15-16H2,1-4H3,(H,28,29,30). The van der Waals surface area contributed by atoms with Crippen molar-refractivity contribution in [1.29, 1.82) is 0 Å². The van der Waals surface area contributed by atoms with Crippen molar-refractivity contribution in [2.45, 2.75) is 38.3 Å². The lowest BCUT2D eigenvalue weighted by atomic mass is 9.86. The van der Waals surface area contributed by atoms with E-state index < -0.39 is 0 Å². The summed E-state index contributed by atoms with van der Waals surface area (Å²) in [6, 6.07) is 12.2. The second-order valence-corrected chi connectivity index (χ2v) is 9.12. The van der Waals surface area contributed by atoms with E-state index in [-0.39, 0.29) is 5.75 Å². The summed E-state index contributed by atoms with van der Waals surface area (Å²) in [5.41, 5.74) is 1.98. The van der Waals surface area contributed by atoms with Gasteiger partial charge in [0.2, 0.25) is 11.7 Å². The SMILES string of the molecule is COc1cc(CNCC2CCC(Nc3nc(N(C)C)c4ccccc4n3)CC2)cc(OC)c1O. The number of nitrogens with one attached hydrogen (secondary N) is 2. The zero-order chi connectivity index (χ0) is 24.1. The first-order valence-electron chi connectivity index (χ1n) is 11.8. The van der Waals surface area contributed by atoms with Crippen LogP contribution in [0.1, 0.15) is 31.2 Å². The number of hydrogen-bond acceptors (Lipinski definition) is 8. The van der Waals surface area contributed by atoms with Crippen molar-refractivity contribution in [3.05, 3.63) is 42.0 Å². The fourth-order valence-corrected chi connectivity index (χ4v) is 4.63. The van der Waals surface area contributed by atoms with Crippen LogP contribution in [0.25, 0.3) is 10.9 Å². The first-order chi connectivity index (χ1) is 16.5. The van der Waals surface area contributed by atoms with E-state index in [1.807, 2.05) is 49.3 Å². The first kappa shape index (κ1) is 23.9. The molecule has 0 unspecified atom stereocenters. The minimum absolute atomic E-state index is 0.0349. The van der Waals surface area contributed by atoms with Gasteiger partial charge in [-0.15, -0.1) is 0 Å². The average Bonchev–Trinajstić information content (AvgIpc) is 2.85. The molecule has 1 aliphatic rings. The summed E-state index contributed by atoms with van der Waals surface area (Å²) >= 11 is 0. The molecule has 182 valence electrons. The van der Waals surface area contributed by atoms with Gasteiger partial charge in [-0.05, 0) is 68.0 Å². The molecule has 8 nitrogen and oxygen atoms in total. The van der Waals surface area contributed by atoms with Gasteiger partial charge in [0.1, 0.15) is 5.82 Å². The Morgan fingerprint density at radius 3 is 2.32 bits per heavy atom. The Hall–Kier alpha value is -3.26. The zero-order valence-electron chi connectivity index (χ0n) is 20.5. The molecular formula is C26H35N5O3.